The van der Waals surface area contributed by atoms with Crippen molar-refractivity contribution in [2.75, 3.05) is 26.4 Å². The number of ether oxygens (including phenoxy) is 6. The van der Waals surface area contributed by atoms with Crippen LogP contribution >= 0.6 is 0 Å². The molecule has 598 valence electrons. The molecule has 0 radical (unpaired) electrons. The molecule has 0 aliphatic carbocycles. The van der Waals surface area contributed by atoms with E-state index in [2.05, 4.69) is 129 Å². The van der Waals surface area contributed by atoms with E-state index in [9.17, 15) is 61.0 Å². The number of hydrogen-bond donors (Lipinski definition) is 12. The van der Waals surface area contributed by atoms with Crippen LogP contribution in [0.3, 0.4) is 0 Å². The Morgan fingerprint density at radius 3 is 1.08 bits per heavy atom. The average Bonchev–Trinajstić information content (AvgIpc) is 0.783. The van der Waals surface area contributed by atoms with Crippen molar-refractivity contribution in [1.29, 1.82) is 0 Å². The van der Waals surface area contributed by atoms with E-state index in [-0.39, 0.29) is 18.9 Å². The number of aliphatic hydroxyl groups is 11. The van der Waals surface area contributed by atoms with Gasteiger partial charge in [0.25, 0.3) is 0 Å². The Morgan fingerprint density at radius 2 is 0.673 bits per heavy atom. The summed E-state index contributed by atoms with van der Waals surface area (Å²) in [6.07, 6.45) is 63.3. The summed E-state index contributed by atoms with van der Waals surface area (Å²) < 4.78 is 34.4. The standard InChI is InChI=1S/C85H145NO18/c1-3-5-7-9-11-13-15-17-19-21-23-25-26-27-28-29-30-31-32-33-34-35-36-37-38-39-40-41-42-43-45-47-49-51-53-55-57-59-61-63-73(91)86-68(69(90)62-60-58-56-54-52-50-48-46-44-24-22-20-18-16-14-12-10-8-6-4-2)67-99-83-79(97)76(94)81(71(65-88)101-83)104-85-80(98)77(95)82(72(66-89)102-85)103-84-78(96)75(93)74(92)70(64-87)100-84/h5,7,11,13,17,19,23,25,27-28,30-31,33-34,44,46,52,54,60,62,68-72,74-85,87-90,92-98H,3-4,6,8-10,12,14-16,18,20-22,24,26,29,32,35-43,45,47-51,53,55-59,61,63-67H2,1-2H3,(H,86,91)/b7-5-,13-11-,19-17-,25-23-,28-27-,31-30-,34-33-,46-44+,54-52+,62-60+. The third kappa shape index (κ3) is 43.4. The van der Waals surface area contributed by atoms with Gasteiger partial charge in [-0.1, -0.05) is 289 Å². The fraction of sp³-hybridized carbons (Fsp3) is 0.753. The summed E-state index contributed by atoms with van der Waals surface area (Å²) >= 11 is 0. The quantitative estimate of drug-likeness (QED) is 0.0199. The highest BCUT2D eigenvalue weighted by Gasteiger charge is 2.54. The molecule has 3 aliphatic rings. The van der Waals surface area contributed by atoms with E-state index in [0.29, 0.717) is 12.8 Å². The second-order valence-corrected chi connectivity index (χ2v) is 28.5. The Labute approximate surface area is 627 Å². The summed E-state index contributed by atoms with van der Waals surface area (Å²) in [5, 5.41) is 121. The molecule has 0 saturated carbocycles. The van der Waals surface area contributed by atoms with Gasteiger partial charge in [-0.25, -0.2) is 0 Å². The molecule has 0 aromatic carbocycles. The lowest BCUT2D eigenvalue weighted by Crippen LogP contribution is -2.66. The van der Waals surface area contributed by atoms with E-state index >= 15 is 0 Å². The van der Waals surface area contributed by atoms with Crippen LogP contribution in [0, 0.1) is 0 Å². The summed E-state index contributed by atoms with van der Waals surface area (Å²) in [5.74, 6) is -0.291. The lowest BCUT2D eigenvalue weighted by Gasteiger charge is -2.48. The van der Waals surface area contributed by atoms with E-state index in [4.69, 9.17) is 28.4 Å². The van der Waals surface area contributed by atoms with Crippen molar-refractivity contribution >= 4 is 5.91 Å². The maximum absolute atomic E-state index is 13.5. The van der Waals surface area contributed by atoms with Crippen LogP contribution in [0.1, 0.15) is 277 Å². The largest absolute Gasteiger partial charge is 0.394 e. The number of hydrogen-bond acceptors (Lipinski definition) is 18. The predicted molar refractivity (Wildman–Crippen MR) is 415 cm³/mol. The van der Waals surface area contributed by atoms with Crippen molar-refractivity contribution in [2.24, 2.45) is 0 Å². The first-order valence-electron chi connectivity index (χ1n) is 40.8. The van der Waals surface area contributed by atoms with Crippen LogP contribution < -0.4 is 5.32 Å². The van der Waals surface area contributed by atoms with Gasteiger partial charge in [0.1, 0.15) is 73.2 Å². The zero-order valence-electron chi connectivity index (χ0n) is 64.0. The van der Waals surface area contributed by atoms with E-state index in [1.807, 2.05) is 6.08 Å². The van der Waals surface area contributed by atoms with E-state index in [1.165, 1.54) is 154 Å². The summed E-state index contributed by atoms with van der Waals surface area (Å²) in [6.45, 7) is 1.60. The molecule has 19 heteroatoms. The van der Waals surface area contributed by atoms with Crippen LogP contribution in [0.2, 0.25) is 0 Å². The summed E-state index contributed by atoms with van der Waals surface area (Å²) in [5.41, 5.74) is 0. The number of unbranched alkanes of at least 4 members (excludes halogenated alkanes) is 29. The number of amides is 1. The molecule has 3 saturated heterocycles. The van der Waals surface area contributed by atoms with Crippen molar-refractivity contribution in [3.05, 3.63) is 122 Å². The smallest absolute Gasteiger partial charge is 0.220 e. The molecule has 0 aromatic rings. The number of aliphatic hydroxyl groups excluding tert-OH is 11. The van der Waals surface area contributed by atoms with Crippen LogP contribution in [0.25, 0.3) is 0 Å². The van der Waals surface area contributed by atoms with Crippen molar-refractivity contribution in [3.8, 4) is 0 Å². The monoisotopic (exact) mass is 1470 g/mol. The zero-order valence-corrected chi connectivity index (χ0v) is 64.0. The van der Waals surface area contributed by atoms with Crippen LogP contribution in [0.5, 0.6) is 0 Å². The first-order chi connectivity index (χ1) is 50.8. The molecule has 1 amide bonds. The Kier molecular flexibility index (Phi) is 58.1. The third-order valence-electron chi connectivity index (χ3n) is 19.5. The van der Waals surface area contributed by atoms with Crippen molar-refractivity contribution < 1.29 is 89.4 Å². The topological polar surface area (TPSA) is 307 Å². The summed E-state index contributed by atoms with van der Waals surface area (Å²) in [6, 6.07) is -1.00. The molecule has 0 bridgehead atoms. The maximum atomic E-state index is 13.5. The predicted octanol–water partition coefficient (Wildman–Crippen LogP) is 13.9. The van der Waals surface area contributed by atoms with Crippen LogP contribution in [-0.4, -0.2) is 193 Å². The second kappa shape index (κ2) is 64.1. The molecule has 12 N–H and O–H groups in total. The van der Waals surface area contributed by atoms with E-state index in [0.717, 1.165) is 89.9 Å². The van der Waals surface area contributed by atoms with Crippen LogP contribution in [0.15, 0.2) is 122 Å². The first-order valence-corrected chi connectivity index (χ1v) is 40.8. The molecule has 3 heterocycles. The van der Waals surface area contributed by atoms with Crippen molar-refractivity contribution in [3.63, 3.8) is 0 Å². The molecule has 3 aliphatic heterocycles. The fourth-order valence-corrected chi connectivity index (χ4v) is 13.0. The van der Waals surface area contributed by atoms with Gasteiger partial charge in [0.05, 0.1) is 38.6 Å². The molecule has 104 heavy (non-hydrogen) atoms. The molecule has 0 aromatic heterocycles. The maximum Gasteiger partial charge on any atom is 0.220 e. The molecular formula is C85H145NO18. The zero-order chi connectivity index (χ0) is 75.3. The first kappa shape index (κ1) is 94.4. The lowest BCUT2D eigenvalue weighted by atomic mass is 9.96. The normalized spacial score (nSPS) is 26.6. The van der Waals surface area contributed by atoms with Crippen LogP contribution in [-0.2, 0) is 33.2 Å². The summed E-state index contributed by atoms with van der Waals surface area (Å²) in [7, 11) is 0. The molecule has 3 rings (SSSR count). The Balaban J connectivity index is 1.34. The third-order valence-corrected chi connectivity index (χ3v) is 19.5. The van der Waals surface area contributed by atoms with Gasteiger partial charge in [-0.2, -0.15) is 0 Å². The van der Waals surface area contributed by atoms with Gasteiger partial charge in [-0.05, 0) is 103 Å². The average molecular weight is 1470 g/mol. The molecule has 17 unspecified atom stereocenters. The minimum atomic E-state index is -1.99. The van der Waals surface area contributed by atoms with Gasteiger partial charge in [0, 0.05) is 6.42 Å². The Bertz CT molecular complexity index is 2350. The minimum Gasteiger partial charge on any atom is -0.394 e. The minimum absolute atomic E-state index is 0.227. The van der Waals surface area contributed by atoms with Gasteiger partial charge < -0.3 is 89.9 Å². The number of carbonyl (C=O) groups excluding carboxylic acids is 1. The van der Waals surface area contributed by atoms with Gasteiger partial charge >= 0.3 is 0 Å². The van der Waals surface area contributed by atoms with Crippen molar-refractivity contribution in [1.82, 2.24) is 5.32 Å². The number of rotatable bonds is 63. The van der Waals surface area contributed by atoms with E-state index in [1.54, 1.807) is 6.08 Å². The number of nitrogens with one attached hydrogen (secondary N) is 1. The molecule has 3 fully saturated rings. The number of carbonyl (C=O) groups is 1. The van der Waals surface area contributed by atoms with Gasteiger partial charge in [-0.3, -0.25) is 4.79 Å². The van der Waals surface area contributed by atoms with Crippen LogP contribution in [0.4, 0.5) is 0 Å². The second-order valence-electron chi connectivity index (χ2n) is 28.5. The molecule has 17 atom stereocenters. The van der Waals surface area contributed by atoms with Crippen molar-refractivity contribution in [2.45, 2.75) is 381 Å². The fourth-order valence-electron chi connectivity index (χ4n) is 13.0. The molecule has 0 spiro atoms. The lowest BCUT2D eigenvalue weighted by molar-refractivity contribution is -0.379. The molecule has 19 nitrogen and oxygen atoms in total. The van der Waals surface area contributed by atoms with Gasteiger partial charge in [-0.15, -0.1) is 0 Å². The highest BCUT2D eigenvalue weighted by atomic mass is 16.8. The van der Waals surface area contributed by atoms with Gasteiger partial charge in [0.2, 0.25) is 5.91 Å². The number of allylic oxidation sites excluding steroid dienone is 19. The Morgan fingerprint density at radius 1 is 0.356 bits per heavy atom. The SMILES string of the molecule is CC/C=C\C/C=C\C/C=C\C/C=C\C/C=C\C/C=C\C/C=C\CCCCCCCCCCCCCCCCCCCC(=O)NC(COC1OC(CO)C(OC2OC(CO)C(OC3OC(CO)C(O)C(O)C3O)C(O)C2O)C(O)C1O)C(O)/C=C/CC/C=C/CC/C=C/CCCCCCCCCCCC. The van der Waals surface area contributed by atoms with E-state index < -0.39 is 124 Å². The highest BCUT2D eigenvalue weighted by Crippen LogP contribution is 2.33. The summed E-state index contributed by atoms with van der Waals surface area (Å²) in [4.78, 5) is 13.5. The molecular weight excluding hydrogens is 1320 g/mol. The highest BCUT2D eigenvalue weighted by molar-refractivity contribution is 5.76. The van der Waals surface area contributed by atoms with Gasteiger partial charge in [0.15, 0.2) is 18.9 Å². The Hall–Kier alpha value is -3.81.